The van der Waals surface area contributed by atoms with Gasteiger partial charge >= 0.3 is 0 Å². The van der Waals surface area contributed by atoms with E-state index in [-0.39, 0.29) is 11.7 Å². The van der Waals surface area contributed by atoms with E-state index in [0.29, 0.717) is 46.2 Å². The highest BCUT2D eigenvalue weighted by atomic mass is 35.5. The maximum atomic E-state index is 12.9. The monoisotopic (exact) mass is 508 g/mol. The standard InChI is InChI=1S/C26H25ClN4O3S/c1-3-15-35(33,34)31(4-2)21-9-5-18(6-10-21)26(32)29-20-8-11-23(27)22(16-20)25-12-7-19-17-28-14-13-24(19)30-25/h5-14,16-17H,3-4,15H2,1-2H3,(H,29,32). The Morgan fingerprint density at radius 3 is 2.51 bits per heavy atom. The van der Waals surface area contributed by atoms with E-state index in [1.807, 2.05) is 25.1 Å². The van der Waals surface area contributed by atoms with Gasteiger partial charge in [-0.3, -0.25) is 14.1 Å². The number of hydrogen-bond donors (Lipinski definition) is 1. The van der Waals surface area contributed by atoms with Crippen LogP contribution in [-0.4, -0.2) is 36.6 Å². The van der Waals surface area contributed by atoms with Gasteiger partial charge in [0, 0.05) is 41.1 Å². The molecular formula is C26H25ClN4O3S. The molecule has 9 heteroatoms. The van der Waals surface area contributed by atoms with Crippen LogP contribution in [0.15, 0.2) is 73.1 Å². The van der Waals surface area contributed by atoms with Gasteiger partial charge in [-0.1, -0.05) is 18.5 Å². The second-order valence-corrected chi connectivity index (χ2v) is 10.4. The van der Waals surface area contributed by atoms with Crippen molar-refractivity contribution in [2.45, 2.75) is 20.3 Å². The fraction of sp³-hybridized carbons (Fsp3) is 0.192. The first-order valence-corrected chi connectivity index (χ1v) is 13.2. The van der Waals surface area contributed by atoms with Crippen molar-refractivity contribution in [3.63, 3.8) is 0 Å². The van der Waals surface area contributed by atoms with Crippen LogP contribution in [0.25, 0.3) is 22.2 Å². The summed E-state index contributed by atoms with van der Waals surface area (Å²) in [6.07, 6.45) is 3.96. The van der Waals surface area contributed by atoms with Crippen molar-refractivity contribution in [3.05, 3.63) is 83.6 Å². The molecule has 0 unspecified atom stereocenters. The van der Waals surface area contributed by atoms with E-state index in [9.17, 15) is 13.2 Å². The van der Waals surface area contributed by atoms with Gasteiger partial charge in [-0.25, -0.2) is 13.4 Å². The van der Waals surface area contributed by atoms with Gasteiger partial charge in [0.2, 0.25) is 10.0 Å². The van der Waals surface area contributed by atoms with E-state index < -0.39 is 10.0 Å². The third kappa shape index (κ3) is 5.44. The van der Waals surface area contributed by atoms with Crippen LogP contribution in [0.1, 0.15) is 30.6 Å². The minimum Gasteiger partial charge on any atom is -0.322 e. The number of nitrogens with zero attached hydrogens (tertiary/aromatic N) is 3. The fourth-order valence-electron chi connectivity index (χ4n) is 3.80. The van der Waals surface area contributed by atoms with Gasteiger partial charge in [-0.2, -0.15) is 0 Å². The number of fused-ring (bicyclic) bond motifs is 1. The number of sulfonamides is 1. The fourth-order valence-corrected chi connectivity index (χ4v) is 5.59. The zero-order valence-electron chi connectivity index (χ0n) is 19.4. The van der Waals surface area contributed by atoms with Crippen LogP contribution in [0, 0.1) is 0 Å². The molecule has 0 saturated carbocycles. The summed E-state index contributed by atoms with van der Waals surface area (Å²) >= 11 is 6.44. The van der Waals surface area contributed by atoms with E-state index in [2.05, 4.69) is 15.3 Å². The number of carbonyl (C=O) groups excluding carboxylic acids is 1. The van der Waals surface area contributed by atoms with E-state index in [1.54, 1.807) is 61.8 Å². The number of halogens is 1. The zero-order valence-corrected chi connectivity index (χ0v) is 21.0. The summed E-state index contributed by atoms with van der Waals surface area (Å²) in [7, 11) is -3.40. The molecule has 0 radical (unpaired) electrons. The number of hydrogen-bond acceptors (Lipinski definition) is 5. The lowest BCUT2D eigenvalue weighted by molar-refractivity contribution is 0.102. The molecule has 0 aliphatic heterocycles. The van der Waals surface area contributed by atoms with Gasteiger partial charge in [0.15, 0.2) is 0 Å². The molecule has 4 aromatic rings. The van der Waals surface area contributed by atoms with E-state index >= 15 is 0 Å². The Labute approximate surface area is 209 Å². The number of anilines is 2. The number of rotatable bonds is 8. The van der Waals surface area contributed by atoms with Crippen LogP contribution in [0.5, 0.6) is 0 Å². The predicted octanol–water partition coefficient (Wildman–Crippen LogP) is 5.77. The molecule has 2 aromatic heterocycles. The van der Waals surface area contributed by atoms with Crippen molar-refractivity contribution in [2.75, 3.05) is 21.9 Å². The summed E-state index contributed by atoms with van der Waals surface area (Å²) in [5, 5.41) is 4.31. The predicted molar refractivity (Wildman–Crippen MR) is 141 cm³/mol. The Morgan fingerprint density at radius 1 is 1.03 bits per heavy atom. The smallest absolute Gasteiger partial charge is 0.255 e. The molecule has 1 N–H and O–H groups in total. The summed E-state index contributed by atoms with van der Waals surface area (Å²) in [5.41, 5.74) is 3.68. The SMILES string of the molecule is CCCS(=O)(=O)N(CC)c1ccc(C(=O)Nc2ccc(Cl)c(-c3ccc4cnccc4n3)c2)cc1. The first-order valence-electron chi connectivity index (χ1n) is 11.2. The normalized spacial score (nSPS) is 11.4. The van der Waals surface area contributed by atoms with Crippen LogP contribution in [0.4, 0.5) is 11.4 Å². The summed E-state index contributed by atoms with van der Waals surface area (Å²) < 4.78 is 26.4. The van der Waals surface area contributed by atoms with Crippen LogP contribution >= 0.6 is 11.6 Å². The molecule has 4 rings (SSSR count). The Bertz CT molecular complexity index is 1470. The van der Waals surface area contributed by atoms with E-state index in [4.69, 9.17) is 11.6 Å². The Morgan fingerprint density at radius 2 is 1.80 bits per heavy atom. The molecule has 0 aliphatic carbocycles. The minimum absolute atomic E-state index is 0.0743. The number of aromatic nitrogens is 2. The van der Waals surface area contributed by atoms with Gasteiger partial charge in [-0.15, -0.1) is 0 Å². The molecule has 2 aromatic carbocycles. The minimum atomic E-state index is -3.40. The van der Waals surface area contributed by atoms with Gasteiger partial charge < -0.3 is 5.32 Å². The quantitative estimate of drug-likeness (QED) is 0.326. The molecule has 180 valence electrons. The first kappa shape index (κ1) is 24.6. The summed E-state index contributed by atoms with van der Waals surface area (Å²) in [5.74, 6) is -0.243. The van der Waals surface area contributed by atoms with Crippen molar-refractivity contribution in [3.8, 4) is 11.3 Å². The summed E-state index contributed by atoms with van der Waals surface area (Å²) in [6.45, 7) is 3.93. The second-order valence-electron chi connectivity index (χ2n) is 7.94. The highest BCUT2D eigenvalue weighted by Gasteiger charge is 2.20. The first-order chi connectivity index (χ1) is 16.8. The number of carbonyl (C=O) groups is 1. The molecule has 0 bridgehead atoms. The molecule has 35 heavy (non-hydrogen) atoms. The third-order valence-electron chi connectivity index (χ3n) is 5.49. The highest BCUT2D eigenvalue weighted by Crippen LogP contribution is 2.31. The van der Waals surface area contributed by atoms with Crippen molar-refractivity contribution in [1.29, 1.82) is 0 Å². The Kier molecular flexibility index (Phi) is 7.33. The maximum absolute atomic E-state index is 12.9. The largest absolute Gasteiger partial charge is 0.322 e. The highest BCUT2D eigenvalue weighted by molar-refractivity contribution is 7.92. The molecule has 0 spiro atoms. The van der Waals surface area contributed by atoms with Crippen LogP contribution < -0.4 is 9.62 Å². The molecule has 0 saturated heterocycles. The lowest BCUT2D eigenvalue weighted by Crippen LogP contribution is -2.32. The molecular weight excluding hydrogens is 484 g/mol. The third-order valence-corrected chi connectivity index (χ3v) is 7.89. The van der Waals surface area contributed by atoms with Crippen molar-refractivity contribution >= 4 is 49.8 Å². The number of nitrogens with one attached hydrogen (secondary N) is 1. The van der Waals surface area contributed by atoms with Crippen molar-refractivity contribution in [1.82, 2.24) is 9.97 Å². The lowest BCUT2D eigenvalue weighted by Gasteiger charge is -2.22. The molecule has 2 heterocycles. The molecule has 0 atom stereocenters. The zero-order chi connectivity index (χ0) is 25.0. The molecule has 7 nitrogen and oxygen atoms in total. The van der Waals surface area contributed by atoms with Crippen LogP contribution in [0.2, 0.25) is 5.02 Å². The van der Waals surface area contributed by atoms with Crippen molar-refractivity contribution < 1.29 is 13.2 Å². The number of amides is 1. The van der Waals surface area contributed by atoms with Crippen LogP contribution in [0.3, 0.4) is 0 Å². The van der Waals surface area contributed by atoms with Crippen LogP contribution in [-0.2, 0) is 10.0 Å². The lowest BCUT2D eigenvalue weighted by atomic mass is 10.1. The van der Waals surface area contributed by atoms with Gasteiger partial charge in [0.05, 0.1) is 27.7 Å². The number of pyridine rings is 2. The average Bonchev–Trinajstić information content (AvgIpc) is 2.85. The van der Waals surface area contributed by atoms with Gasteiger partial charge in [-0.05, 0) is 74.0 Å². The summed E-state index contributed by atoms with van der Waals surface area (Å²) in [6, 6.07) is 17.4. The Balaban J connectivity index is 1.55. The number of benzene rings is 2. The van der Waals surface area contributed by atoms with Gasteiger partial charge in [0.1, 0.15) is 0 Å². The van der Waals surface area contributed by atoms with Crippen molar-refractivity contribution in [2.24, 2.45) is 0 Å². The maximum Gasteiger partial charge on any atom is 0.255 e. The summed E-state index contributed by atoms with van der Waals surface area (Å²) in [4.78, 5) is 21.6. The molecule has 0 aliphatic rings. The second kappa shape index (κ2) is 10.4. The Hall–Kier alpha value is -3.49. The molecule has 1 amide bonds. The topological polar surface area (TPSA) is 92.3 Å². The molecule has 0 fully saturated rings. The average molecular weight is 509 g/mol. The van der Waals surface area contributed by atoms with E-state index in [0.717, 1.165) is 10.9 Å². The van der Waals surface area contributed by atoms with Gasteiger partial charge in [0.25, 0.3) is 5.91 Å². The van der Waals surface area contributed by atoms with E-state index in [1.165, 1.54) is 4.31 Å².